The van der Waals surface area contributed by atoms with Crippen molar-refractivity contribution in [2.75, 3.05) is 0 Å². The fourth-order valence-corrected chi connectivity index (χ4v) is 3.76. The van der Waals surface area contributed by atoms with Gasteiger partial charge >= 0.3 is 0 Å². The summed E-state index contributed by atoms with van der Waals surface area (Å²) in [5, 5.41) is 2.50. The van der Waals surface area contributed by atoms with Crippen LogP contribution in [0.5, 0.6) is 0 Å². The summed E-state index contributed by atoms with van der Waals surface area (Å²) in [6.45, 7) is 0.727. The summed E-state index contributed by atoms with van der Waals surface area (Å²) in [5.41, 5.74) is 5.75. The molecule has 0 atom stereocenters. The molecule has 0 bridgehead atoms. The lowest BCUT2D eigenvalue weighted by Crippen LogP contribution is -2.00. The molecule has 0 spiro atoms. The van der Waals surface area contributed by atoms with Gasteiger partial charge in [0, 0.05) is 0 Å². The number of benzene rings is 3. The second kappa shape index (κ2) is 5.38. The van der Waals surface area contributed by atoms with E-state index in [-0.39, 0.29) is 0 Å². The van der Waals surface area contributed by atoms with Crippen LogP contribution >= 0.6 is 0 Å². The molecule has 0 saturated heterocycles. The average molecular weight is 349 g/mol. The van der Waals surface area contributed by atoms with Crippen molar-refractivity contribution in [2.45, 2.75) is 6.54 Å². The number of imidazole rings is 2. The summed E-state index contributed by atoms with van der Waals surface area (Å²) in [6, 6.07) is 23.0. The van der Waals surface area contributed by atoms with Crippen LogP contribution in [-0.2, 0) is 6.54 Å². The van der Waals surface area contributed by atoms with Crippen LogP contribution < -0.4 is 0 Å². The second-order valence-corrected chi connectivity index (χ2v) is 6.76. The Labute approximate surface area is 154 Å². The van der Waals surface area contributed by atoms with Gasteiger partial charge in [-0.05, 0) is 34.5 Å². The van der Waals surface area contributed by atoms with E-state index >= 15 is 0 Å². The Hall–Kier alpha value is -3.73. The van der Waals surface area contributed by atoms with Crippen molar-refractivity contribution >= 4 is 38.6 Å². The first-order valence-corrected chi connectivity index (χ1v) is 8.91. The molecular weight excluding hydrogens is 334 g/mol. The van der Waals surface area contributed by atoms with Crippen LogP contribution in [-0.4, -0.2) is 23.9 Å². The molecule has 3 aromatic heterocycles. The van der Waals surface area contributed by atoms with Crippen LogP contribution in [0.2, 0.25) is 0 Å². The Morgan fingerprint density at radius 3 is 2.56 bits per heavy atom. The lowest BCUT2D eigenvalue weighted by molar-refractivity contribution is 0.814. The zero-order chi connectivity index (χ0) is 17.8. The molecule has 0 aliphatic carbocycles. The molecule has 6 rings (SSSR count). The molecule has 6 aromatic rings. The number of rotatable bonds is 2. The minimum absolute atomic E-state index is 0.727. The van der Waals surface area contributed by atoms with E-state index in [0.717, 1.165) is 34.4 Å². The number of fused-ring (bicyclic) bond motifs is 6. The maximum Gasteiger partial charge on any atom is 0.169 e. The zero-order valence-corrected chi connectivity index (χ0v) is 14.4. The first kappa shape index (κ1) is 14.4. The fraction of sp³-hybridized carbons (Fsp3) is 0.0455. The van der Waals surface area contributed by atoms with Gasteiger partial charge in [0.15, 0.2) is 16.8 Å². The summed E-state index contributed by atoms with van der Waals surface area (Å²) in [4.78, 5) is 14.0. The first-order valence-electron chi connectivity index (χ1n) is 8.91. The molecule has 0 radical (unpaired) electrons. The minimum Gasteiger partial charge on any atom is -0.311 e. The molecule has 0 amide bonds. The highest BCUT2D eigenvalue weighted by Crippen LogP contribution is 2.23. The third kappa shape index (κ3) is 2.15. The highest BCUT2D eigenvalue weighted by molar-refractivity contribution is 5.92. The quantitative estimate of drug-likeness (QED) is 0.464. The van der Waals surface area contributed by atoms with E-state index in [1.54, 1.807) is 0 Å². The minimum atomic E-state index is 0.727. The summed E-state index contributed by atoms with van der Waals surface area (Å²) in [7, 11) is 0. The van der Waals surface area contributed by atoms with Gasteiger partial charge in [0.1, 0.15) is 6.33 Å². The maximum absolute atomic E-state index is 4.75. The van der Waals surface area contributed by atoms with Crippen LogP contribution in [0.25, 0.3) is 38.6 Å². The summed E-state index contributed by atoms with van der Waals surface area (Å²) >= 11 is 0. The van der Waals surface area contributed by atoms with Crippen LogP contribution in [0.4, 0.5) is 0 Å². The lowest BCUT2D eigenvalue weighted by atomic mass is 10.1. The van der Waals surface area contributed by atoms with Crippen molar-refractivity contribution in [3.05, 3.63) is 84.9 Å². The smallest absolute Gasteiger partial charge is 0.169 e. The van der Waals surface area contributed by atoms with Gasteiger partial charge in [-0.1, -0.05) is 48.5 Å². The van der Waals surface area contributed by atoms with Crippen LogP contribution in [0, 0.1) is 0 Å². The lowest BCUT2D eigenvalue weighted by Gasteiger charge is -2.06. The highest BCUT2D eigenvalue weighted by Gasteiger charge is 2.13. The van der Waals surface area contributed by atoms with Crippen molar-refractivity contribution < 1.29 is 0 Å². The number of nitrogens with zero attached hydrogens (tertiary/aromatic N) is 5. The molecule has 0 aliphatic rings. The molecule has 0 aliphatic heterocycles. The fourth-order valence-electron chi connectivity index (χ4n) is 3.76. The Kier molecular flexibility index (Phi) is 2.88. The van der Waals surface area contributed by atoms with Gasteiger partial charge in [0.2, 0.25) is 0 Å². The third-order valence-electron chi connectivity index (χ3n) is 5.08. The van der Waals surface area contributed by atoms with Gasteiger partial charge in [0.25, 0.3) is 0 Å². The molecule has 128 valence electrons. The van der Waals surface area contributed by atoms with Crippen molar-refractivity contribution in [3.63, 3.8) is 0 Å². The number of hydrogen-bond acceptors (Lipinski definition) is 3. The van der Waals surface area contributed by atoms with Crippen molar-refractivity contribution in [1.29, 1.82) is 0 Å². The van der Waals surface area contributed by atoms with Crippen molar-refractivity contribution in [3.8, 4) is 0 Å². The summed E-state index contributed by atoms with van der Waals surface area (Å²) < 4.78 is 4.09. The molecule has 3 aromatic carbocycles. The van der Waals surface area contributed by atoms with E-state index in [2.05, 4.69) is 63.1 Å². The predicted molar refractivity (Wildman–Crippen MR) is 107 cm³/mol. The van der Waals surface area contributed by atoms with Crippen LogP contribution in [0.15, 0.2) is 79.4 Å². The molecular formula is C22H15N5. The Morgan fingerprint density at radius 1 is 0.741 bits per heavy atom. The summed E-state index contributed by atoms with van der Waals surface area (Å²) in [5.74, 6) is 0. The normalized spacial score (nSPS) is 11.9. The van der Waals surface area contributed by atoms with E-state index in [1.807, 2.05) is 35.3 Å². The molecule has 5 nitrogen and oxygen atoms in total. The molecule has 0 N–H and O–H groups in total. The van der Waals surface area contributed by atoms with Gasteiger partial charge in [0.05, 0.1) is 23.9 Å². The Bertz CT molecular complexity index is 1460. The van der Waals surface area contributed by atoms with Crippen LogP contribution in [0.3, 0.4) is 0 Å². The van der Waals surface area contributed by atoms with Gasteiger partial charge in [-0.15, -0.1) is 0 Å². The van der Waals surface area contributed by atoms with E-state index in [1.165, 1.54) is 16.3 Å². The average Bonchev–Trinajstić information content (AvgIpc) is 3.29. The molecule has 0 saturated carbocycles. The van der Waals surface area contributed by atoms with E-state index < -0.39 is 0 Å². The number of para-hydroxylation sites is 2. The van der Waals surface area contributed by atoms with E-state index in [0.29, 0.717) is 0 Å². The molecule has 27 heavy (non-hydrogen) atoms. The van der Waals surface area contributed by atoms with Gasteiger partial charge < -0.3 is 4.57 Å². The molecule has 0 unspecified atom stereocenters. The standard InChI is InChI=1S/C22H15N5/c1-2-6-17-11-15(9-10-16(17)5-1)12-26-13-23-20-21(26)24-14-27-19-8-4-3-7-18(19)25-22(20)27/h1-11,13-14H,12H2. The van der Waals surface area contributed by atoms with E-state index in [9.17, 15) is 0 Å². The molecule has 5 heteroatoms. The SMILES string of the molecule is c1ccc2cc(Cn3cnc4c3ncn3c5ccccc5nc43)ccc2c1. The largest absolute Gasteiger partial charge is 0.311 e. The van der Waals surface area contributed by atoms with Crippen molar-refractivity contribution in [2.24, 2.45) is 0 Å². The monoisotopic (exact) mass is 349 g/mol. The Morgan fingerprint density at radius 2 is 1.59 bits per heavy atom. The van der Waals surface area contributed by atoms with Crippen molar-refractivity contribution in [1.82, 2.24) is 23.9 Å². The molecule has 0 fully saturated rings. The van der Waals surface area contributed by atoms with E-state index in [4.69, 9.17) is 4.98 Å². The molecule has 3 heterocycles. The topological polar surface area (TPSA) is 48.0 Å². The number of hydrogen-bond donors (Lipinski definition) is 0. The summed E-state index contributed by atoms with van der Waals surface area (Å²) in [6.07, 6.45) is 3.69. The van der Waals surface area contributed by atoms with Gasteiger partial charge in [-0.25, -0.2) is 15.0 Å². The van der Waals surface area contributed by atoms with Gasteiger partial charge in [-0.3, -0.25) is 4.40 Å². The Balaban J connectivity index is 1.50. The maximum atomic E-state index is 4.75. The zero-order valence-electron chi connectivity index (χ0n) is 14.4. The first-order chi connectivity index (χ1) is 13.4. The van der Waals surface area contributed by atoms with Gasteiger partial charge in [-0.2, -0.15) is 0 Å². The second-order valence-electron chi connectivity index (χ2n) is 6.76. The van der Waals surface area contributed by atoms with Crippen LogP contribution in [0.1, 0.15) is 5.56 Å². The third-order valence-corrected chi connectivity index (χ3v) is 5.08. The number of aromatic nitrogens is 5. The highest BCUT2D eigenvalue weighted by atomic mass is 15.2. The predicted octanol–water partition coefficient (Wildman–Crippen LogP) is 4.43.